The lowest BCUT2D eigenvalue weighted by Crippen LogP contribution is -2.52. The first-order valence-electron chi connectivity index (χ1n) is 7.02. The number of fused-ring (bicyclic) bond motifs is 2. The van der Waals surface area contributed by atoms with Crippen LogP contribution in [0, 0.1) is 17.8 Å². The number of carbonyl (C=O) groups excluding carboxylic acids is 1. The summed E-state index contributed by atoms with van der Waals surface area (Å²) in [5, 5.41) is 18.7. The summed E-state index contributed by atoms with van der Waals surface area (Å²) in [6.45, 7) is 0.641. The van der Waals surface area contributed by atoms with E-state index >= 15 is 0 Å². The van der Waals surface area contributed by atoms with Crippen molar-refractivity contribution in [3.63, 3.8) is 0 Å². The summed E-state index contributed by atoms with van der Waals surface area (Å²) < 4.78 is 0. The highest BCUT2D eigenvalue weighted by Gasteiger charge is 2.51. The Morgan fingerprint density at radius 1 is 1.22 bits per heavy atom. The van der Waals surface area contributed by atoms with Crippen LogP contribution in [0.5, 0.6) is 0 Å². The second-order valence-electron chi connectivity index (χ2n) is 6.09. The Labute approximate surface area is 107 Å². The van der Waals surface area contributed by atoms with Gasteiger partial charge in [-0.3, -0.25) is 4.79 Å². The second-order valence-corrected chi connectivity index (χ2v) is 6.09. The van der Waals surface area contributed by atoms with Crippen LogP contribution < -0.4 is 5.73 Å². The Bertz CT molecular complexity index is 350. The van der Waals surface area contributed by atoms with Crippen molar-refractivity contribution in [2.75, 3.05) is 6.54 Å². The molecule has 3 aliphatic rings. The highest BCUT2D eigenvalue weighted by Crippen LogP contribution is 2.48. The minimum absolute atomic E-state index is 0.0201. The molecule has 4 N–H and O–H groups in total. The average molecular weight is 252 g/mol. The van der Waals surface area contributed by atoms with Gasteiger partial charge in [-0.1, -0.05) is 0 Å². The van der Waals surface area contributed by atoms with E-state index in [9.17, 15) is 14.8 Å². The lowest BCUT2D eigenvalue weighted by atomic mass is 9.76. The van der Waals surface area contributed by atoms with Crippen molar-refractivity contribution in [1.29, 1.82) is 0 Å². The predicted molar refractivity (Wildman–Crippen MR) is 67.2 cm³/mol. The van der Waals surface area contributed by atoms with Gasteiger partial charge >= 0.3 is 7.12 Å². The number of hydrogen-bond acceptors (Lipinski definition) is 4. The molecule has 0 aromatic carbocycles. The van der Waals surface area contributed by atoms with Crippen molar-refractivity contribution < 1.29 is 14.8 Å². The highest BCUT2D eigenvalue weighted by atomic mass is 16.4. The third-order valence-corrected chi connectivity index (χ3v) is 5.19. The number of likely N-dealkylation sites (tertiary alicyclic amines) is 1. The summed E-state index contributed by atoms with van der Waals surface area (Å²) in [6, 6.07) is -0.0201. The van der Waals surface area contributed by atoms with Gasteiger partial charge in [0.05, 0.1) is 11.9 Å². The Kier molecular flexibility index (Phi) is 3.12. The van der Waals surface area contributed by atoms with Crippen LogP contribution in [0.1, 0.15) is 32.1 Å². The van der Waals surface area contributed by atoms with E-state index < -0.39 is 13.1 Å². The van der Waals surface area contributed by atoms with Crippen LogP contribution in [0.25, 0.3) is 0 Å². The van der Waals surface area contributed by atoms with Gasteiger partial charge in [-0.05, 0) is 43.9 Å². The van der Waals surface area contributed by atoms with E-state index in [2.05, 4.69) is 0 Å². The number of carbonyl (C=O) groups is 1. The van der Waals surface area contributed by atoms with Crippen molar-refractivity contribution >= 4 is 13.0 Å². The number of hydrogen-bond donors (Lipinski definition) is 3. The summed E-state index contributed by atoms with van der Waals surface area (Å²) in [5.74, 6) is 0.482. The zero-order valence-electron chi connectivity index (χ0n) is 10.5. The standard InChI is InChI=1S/C12H21BN2O3/c14-11-8-4-3-7(6-8)10(11)12(16)15-5-1-2-9(15)13(17)18/h7-11,17-18H,1-6,14H2/t7?,8?,9-,10?,11-/m0/s1. The van der Waals surface area contributed by atoms with E-state index in [0.717, 1.165) is 25.7 Å². The topological polar surface area (TPSA) is 86.8 Å². The summed E-state index contributed by atoms with van der Waals surface area (Å²) in [5.41, 5.74) is 6.18. The zero-order valence-corrected chi connectivity index (χ0v) is 10.5. The summed E-state index contributed by atoms with van der Waals surface area (Å²) in [4.78, 5) is 14.2. The molecule has 1 amide bonds. The second kappa shape index (κ2) is 4.51. The van der Waals surface area contributed by atoms with Crippen molar-refractivity contribution in [3.05, 3.63) is 0 Å². The molecule has 0 spiro atoms. The molecule has 3 unspecified atom stereocenters. The van der Waals surface area contributed by atoms with Crippen molar-refractivity contribution in [2.24, 2.45) is 23.5 Å². The maximum absolute atomic E-state index is 12.6. The van der Waals surface area contributed by atoms with E-state index in [1.54, 1.807) is 4.90 Å². The van der Waals surface area contributed by atoms with Gasteiger partial charge in [0.1, 0.15) is 0 Å². The number of rotatable bonds is 2. The van der Waals surface area contributed by atoms with Gasteiger partial charge in [0.15, 0.2) is 0 Å². The number of nitrogens with zero attached hydrogens (tertiary/aromatic N) is 1. The third-order valence-electron chi connectivity index (χ3n) is 5.19. The number of nitrogens with two attached hydrogens (primary N) is 1. The average Bonchev–Trinajstić information content (AvgIpc) is 3.03. The molecule has 5 atom stereocenters. The predicted octanol–water partition coefficient (Wildman–Crippen LogP) is -0.637. The first-order valence-corrected chi connectivity index (χ1v) is 7.02. The maximum atomic E-state index is 12.6. The first kappa shape index (κ1) is 12.4. The molecule has 1 saturated heterocycles. The molecule has 0 radical (unpaired) electrons. The molecule has 1 heterocycles. The Balaban J connectivity index is 1.74. The molecule has 5 nitrogen and oxygen atoms in total. The monoisotopic (exact) mass is 252 g/mol. The minimum atomic E-state index is -1.42. The Hall–Kier alpha value is -0.585. The summed E-state index contributed by atoms with van der Waals surface area (Å²) >= 11 is 0. The zero-order chi connectivity index (χ0) is 12.9. The largest absolute Gasteiger partial charge is 0.475 e. The Morgan fingerprint density at radius 3 is 2.56 bits per heavy atom. The molecule has 2 bridgehead atoms. The molecule has 0 aromatic rings. The smallest absolute Gasteiger partial charge is 0.426 e. The van der Waals surface area contributed by atoms with Crippen LogP contribution in [0.15, 0.2) is 0 Å². The molecule has 18 heavy (non-hydrogen) atoms. The maximum Gasteiger partial charge on any atom is 0.475 e. The van der Waals surface area contributed by atoms with Gasteiger partial charge in [0.25, 0.3) is 0 Å². The van der Waals surface area contributed by atoms with Gasteiger partial charge in [-0.15, -0.1) is 0 Å². The van der Waals surface area contributed by atoms with Gasteiger partial charge in [0, 0.05) is 12.6 Å². The van der Waals surface area contributed by atoms with Crippen molar-refractivity contribution in [2.45, 2.75) is 44.1 Å². The number of amides is 1. The first-order chi connectivity index (χ1) is 8.59. The van der Waals surface area contributed by atoms with E-state index in [1.165, 1.54) is 0 Å². The molecular formula is C12H21BN2O3. The van der Waals surface area contributed by atoms with Crippen molar-refractivity contribution in [3.8, 4) is 0 Å². The molecule has 2 aliphatic carbocycles. The van der Waals surface area contributed by atoms with E-state index in [0.29, 0.717) is 24.8 Å². The fourth-order valence-corrected chi connectivity index (χ4v) is 4.27. The van der Waals surface area contributed by atoms with Gasteiger partial charge in [-0.2, -0.15) is 0 Å². The molecule has 3 rings (SSSR count). The van der Waals surface area contributed by atoms with Crippen LogP contribution >= 0.6 is 0 Å². The molecule has 6 heteroatoms. The van der Waals surface area contributed by atoms with Crippen LogP contribution in [0.3, 0.4) is 0 Å². The lowest BCUT2D eigenvalue weighted by Gasteiger charge is -2.33. The molecule has 0 aromatic heterocycles. The van der Waals surface area contributed by atoms with Gasteiger partial charge < -0.3 is 20.7 Å². The van der Waals surface area contributed by atoms with E-state index in [1.807, 2.05) is 0 Å². The fraction of sp³-hybridized carbons (Fsp3) is 0.917. The SMILES string of the molecule is N[C@H]1C2CCC(C2)C1C(=O)N1CCC[C@H]1B(O)O. The van der Waals surface area contributed by atoms with Crippen LogP contribution in [-0.4, -0.2) is 46.5 Å². The van der Waals surface area contributed by atoms with E-state index in [-0.39, 0.29) is 17.9 Å². The summed E-state index contributed by atoms with van der Waals surface area (Å²) in [6.07, 6.45) is 4.87. The summed E-state index contributed by atoms with van der Waals surface area (Å²) in [7, 11) is -1.42. The minimum Gasteiger partial charge on any atom is -0.426 e. The highest BCUT2D eigenvalue weighted by molar-refractivity contribution is 6.43. The Morgan fingerprint density at radius 2 is 1.94 bits per heavy atom. The van der Waals surface area contributed by atoms with Crippen LogP contribution in [-0.2, 0) is 4.79 Å². The quantitative estimate of drug-likeness (QED) is 0.571. The third kappa shape index (κ3) is 1.78. The van der Waals surface area contributed by atoms with Gasteiger partial charge in [0.2, 0.25) is 5.91 Å². The van der Waals surface area contributed by atoms with Crippen LogP contribution in [0.4, 0.5) is 0 Å². The van der Waals surface area contributed by atoms with E-state index in [4.69, 9.17) is 5.73 Å². The fourth-order valence-electron chi connectivity index (χ4n) is 4.27. The molecule has 2 saturated carbocycles. The van der Waals surface area contributed by atoms with Crippen LogP contribution in [0.2, 0.25) is 0 Å². The molecule has 1 aliphatic heterocycles. The normalized spacial score (nSPS) is 42.6. The lowest BCUT2D eigenvalue weighted by molar-refractivity contribution is -0.137. The van der Waals surface area contributed by atoms with Crippen molar-refractivity contribution in [1.82, 2.24) is 4.90 Å². The molecule has 100 valence electrons. The van der Waals surface area contributed by atoms with Gasteiger partial charge in [-0.25, -0.2) is 0 Å². The molecule has 3 fully saturated rings. The molecular weight excluding hydrogens is 231 g/mol.